The van der Waals surface area contributed by atoms with Crippen molar-refractivity contribution in [1.82, 2.24) is 15.6 Å². The van der Waals surface area contributed by atoms with Gasteiger partial charge in [-0.05, 0) is 42.1 Å². The van der Waals surface area contributed by atoms with Crippen LogP contribution in [0.25, 0.3) is 11.0 Å². The zero-order valence-electron chi connectivity index (χ0n) is 24.6. The van der Waals surface area contributed by atoms with E-state index in [-0.39, 0.29) is 23.7 Å². The molecule has 230 valence electrons. The van der Waals surface area contributed by atoms with Crippen molar-refractivity contribution >= 4 is 28.3 Å². The number of non-ortho nitro benzene ring substituents is 1. The van der Waals surface area contributed by atoms with Crippen LogP contribution in [0.15, 0.2) is 28.9 Å². The minimum absolute atomic E-state index is 0.0984. The van der Waals surface area contributed by atoms with Gasteiger partial charge >= 0.3 is 5.69 Å². The van der Waals surface area contributed by atoms with Crippen LogP contribution in [0.2, 0.25) is 0 Å². The van der Waals surface area contributed by atoms with Gasteiger partial charge in [-0.25, -0.2) is 4.63 Å². The molecule has 4 N–H and O–H groups in total. The molecule has 0 saturated carbocycles. The van der Waals surface area contributed by atoms with Crippen molar-refractivity contribution in [2.45, 2.75) is 122 Å². The molecule has 2 atom stereocenters. The molecule has 1 heterocycles. The van der Waals surface area contributed by atoms with E-state index in [0.717, 1.165) is 25.7 Å². The van der Waals surface area contributed by atoms with Crippen LogP contribution in [-0.4, -0.2) is 56.7 Å². The number of fused-ring (bicyclic) bond motifs is 1. The second-order valence-corrected chi connectivity index (χ2v) is 10.7. The predicted octanol–water partition coefficient (Wildman–Crippen LogP) is 6.20. The molecular formula is C30H49N5O6. The minimum atomic E-state index is -0.926. The number of nitro groups is 1. The Bertz CT molecular complexity index is 1040. The highest BCUT2D eigenvalue weighted by Crippen LogP contribution is 2.28. The molecule has 2 rings (SSSR count). The monoisotopic (exact) mass is 575 g/mol. The van der Waals surface area contributed by atoms with Gasteiger partial charge in [-0.3, -0.25) is 14.9 Å². The Morgan fingerprint density at radius 2 is 1.61 bits per heavy atom. The van der Waals surface area contributed by atoms with Crippen molar-refractivity contribution in [1.29, 1.82) is 0 Å². The summed E-state index contributed by atoms with van der Waals surface area (Å²) in [6.07, 6.45) is 20.3. The van der Waals surface area contributed by atoms with Gasteiger partial charge in [0, 0.05) is 19.0 Å². The minimum Gasteiger partial charge on any atom is -0.394 e. The first-order chi connectivity index (χ1) is 20.0. The van der Waals surface area contributed by atoms with Crippen LogP contribution < -0.4 is 10.6 Å². The second kappa shape index (κ2) is 20.8. The Balaban J connectivity index is 1.52. The smallest absolute Gasteiger partial charge is 0.300 e. The normalized spacial score (nSPS) is 13.0. The number of nitro benzene ring substituents is 1. The molecular weight excluding hydrogens is 526 g/mol. The third-order valence-corrected chi connectivity index (χ3v) is 7.25. The van der Waals surface area contributed by atoms with Gasteiger partial charge in [-0.1, -0.05) is 89.7 Å². The third-order valence-electron chi connectivity index (χ3n) is 7.25. The molecule has 11 heteroatoms. The summed E-state index contributed by atoms with van der Waals surface area (Å²) in [5, 5.41) is 44.4. The summed E-state index contributed by atoms with van der Waals surface area (Å²) in [7, 11) is 0. The van der Waals surface area contributed by atoms with E-state index in [4.69, 9.17) is 0 Å². The summed E-state index contributed by atoms with van der Waals surface area (Å²) < 4.78 is 4.66. The van der Waals surface area contributed by atoms with Crippen LogP contribution in [0.3, 0.4) is 0 Å². The van der Waals surface area contributed by atoms with Gasteiger partial charge in [0.25, 0.3) is 0 Å². The molecule has 0 fully saturated rings. The highest BCUT2D eigenvalue weighted by molar-refractivity contribution is 5.93. The molecule has 41 heavy (non-hydrogen) atoms. The number of hydrogen-bond acceptors (Lipinski definition) is 9. The lowest BCUT2D eigenvalue weighted by molar-refractivity contribution is -0.383. The van der Waals surface area contributed by atoms with E-state index in [2.05, 4.69) is 32.5 Å². The molecule has 2 aromatic rings. The number of anilines is 1. The Kier molecular flexibility index (Phi) is 17.3. The first-order valence-electron chi connectivity index (χ1n) is 15.4. The van der Waals surface area contributed by atoms with Crippen LogP contribution in [0.4, 0.5) is 11.4 Å². The summed E-state index contributed by atoms with van der Waals surface area (Å²) in [6, 6.07) is 2.21. The van der Waals surface area contributed by atoms with Crippen LogP contribution >= 0.6 is 0 Å². The summed E-state index contributed by atoms with van der Waals surface area (Å²) in [6.45, 7) is 2.50. The highest BCUT2D eigenvalue weighted by atomic mass is 16.6. The number of carbonyl (C=O) groups is 1. The average molecular weight is 576 g/mol. The van der Waals surface area contributed by atoms with Crippen LogP contribution in [0.1, 0.15) is 110 Å². The number of nitrogens with one attached hydrogen (secondary N) is 2. The molecule has 1 amide bonds. The second-order valence-electron chi connectivity index (χ2n) is 10.7. The van der Waals surface area contributed by atoms with Gasteiger partial charge in [0.05, 0.1) is 29.4 Å². The maximum Gasteiger partial charge on any atom is 0.300 e. The average Bonchev–Trinajstić information content (AvgIpc) is 3.46. The van der Waals surface area contributed by atoms with Crippen molar-refractivity contribution in [2.24, 2.45) is 0 Å². The SMILES string of the molecule is CCCCCCCCCCCCCC=C[C@@H](O)[C@@H](CO)NC(=O)CCCCCNc1ccc([N+](=O)[O-])c2nonc12. The number of allylic oxidation sites excluding steroid dienone is 1. The largest absolute Gasteiger partial charge is 0.394 e. The predicted molar refractivity (Wildman–Crippen MR) is 161 cm³/mol. The lowest BCUT2D eigenvalue weighted by Gasteiger charge is -2.20. The fourth-order valence-corrected chi connectivity index (χ4v) is 4.77. The van der Waals surface area contributed by atoms with E-state index >= 15 is 0 Å². The summed E-state index contributed by atoms with van der Waals surface area (Å²) in [5.41, 5.74) is 0.839. The number of aliphatic hydroxyl groups is 2. The molecule has 0 saturated heterocycles. The topological polar surface area (TPSA) is 164 Å². The van der Waals surface area contributed by atoms with Crippen molar-refractivity contribution < 1.29 is 24.6 Å². The molecule has 1 aromatic heterocycles. The number of hydrogen-bond donors (Lipinski definition) is 4. The molecule has 0 bridgehead atoms. The molecule has 0 aliphatic carbocycles. The number of benzene rings is 1. The van der Waals surface area contributed by atoms with Crippen LogP contribution in [0.5, 0.6) is 0 Å². The maximum absolute atomic E-state index is 12.3. The van der Waals surface area contributed by atoms with Crippen LogP contribution in [-0.2, 0) is 4.79 Å². The van der Waals surface area contributed by atoms with Gasteiger partial charge in [0.2, 0.25) is 11.4 Å². The molecule has 0 radical (unpaired) electrons. The number of amides is 1. The summed E-state index contributed by atoms with van der Waals surface area (Å²) in [4.78, 5) is 22.9. The first kappa shape index (κ1) is 34.2. The standard InChI is InChI=1S/C30H49N5O6/c1-2-3-4-5-6-7-8-9-10-11-12-13-15-18-27(37)25(23-36)32-28(38)19-16-14-17-22-31-24-20-21-26(35(39)40)30-29(24)33-41-34-30/h15,18,20-21,25,27,31,36-37H,2-14,16-17,19,22-23H2,1H3,(H,32,38)/t25-,27-/m1/s1. The fourth-order valence-electron chi connectivity index (χ4n) is 4.77. The lowest BCUT2D eigenvalue weighted by atomic mass is 10.0. The molecule has 0 unspecified atom stereocenters. The van der Waals surface area contributed by atoms with Gasteiger partial charge in [-0.2, -0.15) is 0 Å². The Hall–Kier alpha value is -3.05. The van der Waals surface area contributed by atoms with Gasteiger partial charge < -0.3 is 20.8 Å². The first-order valence-corrected chi connectivity index (χ1v) is 15.4. The highest BCUT2D eigenvalue weighted by Gasteiger charge is 2.20. The number of aliphatic hydroxyl groups excluding tert-OH is 2. The zero-order valence-corrected chi connectivity index (χ0v) is 24.6. The number of rotatable bonds is 24. The fraction of sp³-hybridized carbons (Fsp3) is 0.700. The van der Waals surface area contributed by atoms with E-state index in [1.807, 2.05) is 6.08 Å². The maximum atomic E-state index is 12.3. The molecule has 0 aliphatic rings. The third kappa shape index (κ3) is 13.4. The molecule has 0 spiro atoms. The number of nitrogens with zero attached hydrogens (tertiary/aromatic N) is 3. The lowest BCUT2D eigenvalue weighted by Crippen LogP contribution is -2.45. The van der Waals surface area contributed by atoms with E-state index in [9.17, 15) is 25.1 Å². The molecule has 11 nitrogen and oxygen atoms in total. The molecule has 1 aromatic carbocycles. The quantitative estimate of drug-likeness (QED) is 0.0494. The van der Waals surface area contributed by atoms with E-state index in [1.54, 1.807) is 12.1 Å². The molecule has 0 aliphatic heterocycles. The van der Waals surface area contributed by atoms with Crippen molar-refractivity contribution in [2.75, 3.05) is 18.5 Å². The Labute approximate surface area is 243 Å². The zero-order chi connectivity index (χ0) is 29.7. The Morgan fingerprint density at radius 1 is 0.976 bits per heavy atom. The summed E-state index contributed by atoms with van der Waals surface area (Å²) >= 11 is 0. The van der Waals surface area contributed by atoms with Crippen molar-refractivity contribution in [3.8, 4) is 0 Å². The van der Waals surface area contributed by atoms with Gasteiger partial charge in [-0.15, -0.1) is 0 Å². The number of aromatic nitrogens is 2. The van der Waals surface area contributed by atoms with E-state index in [0.29, 0.717) is 30.6 Å². The van der Waals surface area contributed by atoms with Crippen LogP contribution in [0, 0.1) is 10.1 Å². The van der Waals surface area contributed by atoms with Gasteiger partial charge in [0.1, 0.15) is 0 Å². The number of unbranched alkanes of at least 4 members (excludes halogenated alkanes) is 13. The van der Waals surface area contributed by atoms with Crippen molar-refractivity contribution in [3.05, 3.63) is 34.4 Å². The number of carbonyl (C=O) groups excluding carboxylic acids is 1. The van der Waals surface area contributed by atoms with E-state index < -0.39 is 17.1 Å². The summed E-state index contributed by atoms with van der Waals surface area (Å²) in [5.74, 6) is -0.208. The van der Waals surface area contributed by atoms with Gasteiger partial charge in [0.15, 0.2) is 5.52 Å². The van der Waals surface area contributed by atoms with Crippen molar-refractivity contribution in [3.63, 3.8) is 0 Å². The Morgan fingerprint density at radius 3 is 2.27 bits per heavy atom. The van der Waals surface area contributed by atoms with E-state index in [1.165, 1.54) is 70.3 Å².